The number of anilines is 1. The highest BCUT2D eigenvalue weighted by atomic mass is 19.1. The Morgan fingerprint density at radius 2 is 1.81 bits per heavy atom. The smallest absolute Gasteiger partial charge is 0.262 e. The third-order valence-corrected chi connectivity index (χ3v) is 4.05. The second-order valence-corrected chi connectivity index (χ2v) is 5.95. The molecular formula is C20H16FN5O. The largest absolute Gasteiger partial charge is 0.308 e. The van der Waals surface area contributed by atoms with Gasteiger partial charge in [-0.05, 0) is 43.3 Å². The molecule has 0 saturated carbocycles. The van der Waals surface area contributed by atoms with E-state index in [0.717, 1.165) is 5.69 Å². The van der Waals surface area contributed by atoms with E-state index in [9.17, 15) is 9.18 Å². The van der Waals surface area contributed by atoms with Crippen molar-refractivity contribution in [2.24, 2.45) is 0 Å². The van der Waals surface area contributed by atoms with Crippen LogP contribution in [0.15, 0.2) is 73.2 Å². The van der Waals surface area contributed by atoms with Gasteiger partial charge in [0.1, 0.15) is 22.9 Å². The maximum atomic E-state index is 14.3. The number of halogens is 1. The summed E-state index contributed by atoms with van der Waals surface area (Å²) in [5, 5.41) is 7.03. The first kappa shape index (κ1) is 16.7. The number of aryl methyl sites for hydroxylation is 1. The van der Waals surface area contributed by atoms with Crippen molar-refractivity contribution >= 4 is 11.7 Å². The van der Waals surface area contributed by atoms with Gasteiger partial charge in [0.2, 0.25) is 0 Å². The number of para-hydroxylation sites is 1. The van der Waals surface area contributed by atoms with Crippen LogP contribution in [0.4, 0.5) is 10.2 Å². The standard InChI is InChI=1S/C20H16FN5O/c1-14-7-6-10-18(23-14)24-19(27)15-13-22-26(17-9-3-2-8-16(17)21)20(15)25-11-4-5-12-25/h2-13H,1H3,(H,23,24,27). The van der Waals surface area contributed by atoms with Gasteiger partial charge in [-0.3, -0.25) is 4.79 Å². The van der Waals surface area contributed by atoms with Crippen molar-refractivity contribution in [3.05, 3.63) is 90.3 Å². The number of hydrogen-bond acceptors (Lipinski definition) is 3. The molecule has 1 amide bonds. The van der Waals surface area contributed by atoms with Gasteiger partial charge in [-0.2, -0.15) is 5.10 Å². The van der Waals surface area contributed by atoms with Crippen molar-refractivity contribution in [3.63, 3.8) is 0 Å². The Labute approximate surface area is 154 Å². The Hall–Kier alpha value is -3.74. The van der Waals surface area contributed by atoms with Gasteiger partial charge in [-0.15, -0.1) is 0 Å². The third-order valence-electron chi connectivity index (χ3n) is 4.05. The van der Waals surface area contributed by atoms with Crippen LogP contribution in [0.1, 0.15) is 16.1 Å². The molecule has 1 aromatic carbocycles. The molecule has 4 rings (SSSR count). The molecule has 3 heterocycles. The molecule has 134 valence electrons. The van der Waals surface area contributed by atoms with E-state index in [1.807, 2.05) is 31.2 Å². The molecule has 7 heteroatoms. The van der Waals surface area contributed by atoms with Gasteiger partial charge in [0, 0.05) is 18.1 Å². The summed E-state index contributed by atoms with van der Waals surface area (Å²) < 4.78 is 17.4. The van der Waals surface area contributed by atoms with Gasteiger partial charge in [-0.25, -0.2) is 14.1 Å². The van der Waals surface area contributed by atoms with Crippen molar-refractivity contribution in [3.8, 4) is 11.5 Å². The Bertz CT molecular complexity index is 1100. The molecule has 0 aliphatic rings. The topological polar surface area (TPSA) is 64.7 Å². The third kappa shape index (κ3) is 3.22. The number of pyridine rings is 1. The summed E-state index contributed by atoms with van der Waals surface area (Å²) >= 11 is 0. The number of amides is 1. The Kier molecular flexibility index (Phi) is 4.25. The second kappa shape index (κ2) is 6.87. The first-order valence-electron chi connectivity index (χ1n) is 8.35. The predicted octanol–water partition coefficient (Wildman–Crippen LogP) is 3.76. The highest BCUT2D eigenvalue weighted by Gasteiger charge is 2.21. The van der Waals surface area contributed by atoms with Crippen molar-refractivity contribution in [1.82, 2.24) is 19.3 Å². The zero-order valence-corrected chi connectivity index (χ0v) is 14.5. The van der Waals surface area contributed by atoms with E-state index in [0.29, 0.717) is 17.2 Å². The van der Waals surface area contributed by atoms with Crippen LogP contribution < -0.4 is 5.32 Å². The normalized spacial score (nSPS) is 10.7. The minimum Gasteiger partial charge on any atom is -0.308 e. The monoisotopic (exact) mass is 361 g/mol. The van der Waals surface area contributed by atoms with Gasteiger partial charge in [-0.1, -0.05) is 18.2 Å². The van der Waals surface area contributed by atoms with Gasteiger partial charge >= 0.3 is 0 Å². The average molecular weight is 361 g/mol. The zero-order valence-electron chi connectivity index (χ0n) is 14.5. The summed E-state index contributed by atoms with van der Waals surface area (Å²) in [7, 11) is 0. The van der Waals surface area contributed by atoms with Crippen molar-refractivity contribution < 1.29 is 9.18 Å². The average Bonchev–Trinajstić information content (AvgIpc) is 3.31. The summed E-state index contributed by atoms with van der Waals surface area (Å²) in [6, 6.07) is 15.3. The lowest BCUT2D eigenvalue weighted by Gasteiger charge is -2.11. The molecule has 0 saturated heterocycles. The van der Waals surface area contributed by atoms with Crippen molar-refractivity contribution in [2.75, 3.05) is 5.32 Å². The number of carbonyl (C=O) groups is 1. The summed E-state index contributed by atoms with van der Waals surface area (Å²) in [5.41, 5.74) is 1.35. The molecule has 0 radical (unpaired) electrons. The van der Waals surface area contributed by atoms with Crippen molar-refractivity contribution in [2.45, 2.75) is 6.92 Å². The number of benzene rings is 1. The van der Waals surface area contributed by atoms with E-state index in [1.54, 1.807) is 41.2 Å². The lowest BCUT2D eigenvalue weighted by atomic mass is 10.2. The summed E-state index contributed by atoms with van der Waals surface area (Å²) in [4.78, 5) is 17.1. The Morgan fingerprint density at radius 1 is 1.04 bits per heavy atom. The quantitative estimate of drug-likeness (QED) is 0.602. The van der Waals surface area contributed by atoms with Crippen LogP contribution in [-0.2, 0) is 0 Å². The molecular weight excluding hydrogens is 345 g/mol. The second-order valence-electron chi connectivity index (χ2n) is 5.95. The van der Waals surface area contributed by atoms with E-state index in [2.05, 4.69) is 15.4 Å². The minimum atomic E-state index is -0.429. The van der Waals surface area contributed by atoms with Crippen LogP contribution in [-0.4, -0.2) is 25.2 Å². The van der Waals surface area contributed by atoms with Crippen molar-refractivity contribution in [1.29, 1.82) is 0 Å². The van der Waals surface area contributed by atoms with Crippen LogP contribution in [0.2, 0.25) is 0 Å². The number of nitrogens with one attached hydrogen (secondary N) is 1. The van der Waals surface area contributed by atoms with Gasteiger partial charge in [0.05, 0.1) is 6.20 Å². The van der Waals surface area contributed by atoms with E-state index in [4.69, 9.17) is 0 Å². The van der Waals surface area contributed by atoms with Crippen LogP contribution in [0, 0.1) is 12.7 Å². The zero-order chi connectivity index (χ0) is 18.8. The Balaban J connectivity index is 1.80. The Morgan fingerprint density at radius 3 is 2.56 bits per heavy atom. The molecule has 0 bridgehead atoms. The summed E-state index contributed by atoms with van der Waals surface area (Å²) in [6.45, 7) is 1.84. The van der Waals surface area contributed by atoms with Gasteiger partial charge in [0.15, 0.2) is 5.82 Å². The molecule has 6 nitrogen and oxygen atoms in total. The molecule has 0 unspecified atom stereocenters. The fourth-order valence-electron chi connectivity index (χ4n) is 2.82. The van der Waals surface area contributed by atoms with Crippen LogP contribution in [0.5, 0.6) is 0 Å². The number of hydrogen-bond donors (Lipinski definition) is 1. The van der Waals surface area contributed by atoms with E-state index >= 15 is 0 Å². The number of carbonyl (C=O) groups excluding carboxylic acids is 1. The van der Waals surface area contributed by atoms with Gasteiger partial charge < -0.3 is 9.88 Å². The predicted molar refractivity (Wildman–Crippen MR) is 99.8 cm³/mol. The maximum absolute atomic E-state index is 14.3. The van der Waals surface area contributed by atoms with Crippen LogP contribution in [0.25, 0.3) is 11.5 Å². The van der Waals surface area contributed by atoms with E-state index < -0.39 is 5.82 Å². The molecule has 27 heavy (non-hydrogen) atoms. The van der Waals surface area contributed by atoms with E-state index in [1.165, 1.54) is 16.9 Å². The summed E-state index contributed by atoms with van der Waals surface area (Å²) in [6.07, 6.45) is 4.97. The first-order chi connectivity index (χ1) is 13.1. The SMILES string of the molecule is Cc1cccc(NC(=O)c2cnn(-c3ccccc3F)c2-n2cccc2)n1. The molecule has 4 aromatic rings. The van der Waals surface area contributed by atoms with Gasteiger partial charge in [0.25, 0.3) is 5.91 Å². The fourth-order valence-corrected chi connectivity index (χ4v) is 2.82. The number of rotatable bonds is 4. The molecule has 0 fully saturated rings. The minimum absolute atomic E-state index is 0.258. The van der Waals surface area contributed by atoms with Crippen LogP contribution in [0.3, 0.4) is 0 Å². The summed E-state index contributed by atoms with van der Waals surface area (Å²) in [5.74, 6) is 0.0769. The van der Waals surface area contributed by atoms with E-state index in [-0.39, 0.29) is 11.6 Å². The highest BCUT2D eigenvalue weighted by molar-refractivity contribution is 6.06. The van der Waals surface area contributed by atoms with Crippen LogP contribution >= 0.6 is 0 Å². The first-order valence-corrected chi connectivity index (χ1v) is 8.35. The molecule has 0 spiro atoms. The lowest BCUT2D eigenvalue weighted by Crippen LogP contribution is -2.16. The number of nitrogens with zero attached hydrogens (tertiary/aromatic N) is 4. The molecule has 1 N–H and O–H groups in total. The molecule has 0 aliphatic heterocycles. The fraction of sp³-hybridized carbons (Fsp3) is 0.0500. The maximum Gasteiger partial charge on any atom is 0.262 e. The highest BCUT2D eigenvalue weighted by Crippen LogP contribution is 2.22. The lowest BCUT2D eigenvalue weighted by molar-refractivity contribution is 0.102. The molecule has 0 aliphatic carbocycles. The molecule has 0 atom stereocenters. The number of aromatic nitrogens is 4. The molecule has 3 aromatic heterocycles.